The second-order valence-electron chi connectivity index (χ2n) is 2.87. The Morgan fingerprint density at radius 2 is 1.94 bits per heavy atom. The molecule has 0 radical (unpaired) electrons. The van der Waals surface area contributed by atoms with E-state index in [2.05, 4.69) is 9.68 Å². The number of nitrogens with zero attached hydrogens (tertiary/aromatic N) is 1. The molecule has 0 saturated heterocycles. The van der Waals surface area contributed by atoms with Crippen molar-refractivity contribution in [3.05, 3.63) is 46.3 Å². The lowest BCUT2D eigenvalue weighted by Crippen LogP contribution is -2.07. The first kappa shape index (κ1) is 11.0. The van der Waals surface area contributed by atoms with E-state index in [4.69, 9.17) is 27.9 Å². The van der Waals surface area contributed by atoms with E-state index < -0.39 is 5.97 Å². The second kappa shape index (κ2) is 4.55. The minimum Gasteiger partial charge on any atom is -0.420 e. The van der Waals surface area contributed by atoms with Gasteiger partial charge < -0.3 is 9.26 Å². The van der Waals surface area contributed by atoms with Crippen molar-refractivity contribution in [2.75, 3.05) is 0 Å². The summed E-state index contributed by atoms with van der Waals surface area (Å²) in [4.78, 5) is 11.5. The van der Waals surface area contributed by atoms with E-state index in [0.29, 0.717) is 10.0 Å². The maximum atomic E-state index is 11.5. The summed E-state index contributed by atoms with van der Waals surface area (Å²) < 4.78 is 9.62. The zero-order chi connectivity index (χ0) is 11.5. The summed E-state index contributed by atoms with van der Waals surface area (Å²) >= 11 is 11.5. The van der Waals surface area contributed by atoms with Crippen molar-refractivity contribution < 1.29 is 14.1 Å². The van der Waals surface area contributed by atoms with Crippen molar-refractivity contribution in [3.63, 3.8) is 0 Å². The number of hydrogen-bond acceptors (Lipinski definition) is 4. The van der Waals surface area contributed by atoms with E-state index in [0.717, 1.165) is 0 Å². The van der Waals surface area contributed by atoms with Gasteiger partial charge in [-0.3, -0.25) is 0 Å². The Hall–Kier alpha value is -1.52. The zero-order valence-corrected chi connectivity index (χ0v) is 9.33. The minimum absolute atomic E-state index is 0.0103. The van der Waals surface area contributed by atoms with Crippen molar-refractivity contribution in [2.24, 2.45) is 0 Å². The van der Waals surface area contributed by atoms with Gasteiger partial charge in [0.1, 0.15) is 5.75 Å². The highest BCUT2D eigenvalue weighted by Gasteiger charge is 2.13. The summed E-state index contributed by atoms with van der Waals surface area (Å²) in [6.07, 6.45) is 1.35. The Morgan fingerprint density at radius 3 is 2.50 bits per heavy atom. The number of aromatic nitrogens is 1. The molecule has 16 heavy (non-hydrogen) atoms. The molecule has 0 aliphatic heterocycles. The van der Waals surface area contributed by atoms with Gasteiger partial charge in [-0.05, 0) is 18.2 Å². The van der Waals surface area contributed by atoms with Crippen LogP contribution in [0.2, 0.25) is 10.0 Å². The molecular formula is C10H5Cl2NO3. The SMILES string of the molecule is O=C(Oc1cc(Cl)cc(Cl)c1)c1ccno1. The largest absolute Gasteiger partial charge is 0.420 e. The molecule has 6 heteroatoms. The van der Waals surface area contributed by atoms with Crippen LogP contribution in [-0.2, 0) is 0 Å². The first-order valence-corrected chi connectivity index (χ1v) is 5.00. The Kier molecular flexibility index (Phi) is 3.12. The van der Waals surface area contributed by atoms with Gasteiger partial charge in [0.2, 0.25) is 5.76 Å². The van der Waals surface area contributed by atoms with E-state index in [1.807, 2.05) is 0 Å². The molecule has 0 bridgehead atoms. The third kappa shape index (κ3) is 2.53. The molecular weight excluding hydrogens is 253 g/mol. The number of esters is 1. The van der Waals surface area contributed by atoms with Crippen LogP contribution in [0.3, 0.4) is 0 Å². The summed E-state index contributed by atoms with van der Waals surface area (Å²) in [5.41, 5.74) is 0. The summed E-state index contributed by atoms with van der Waals surface area (Å²) in [5.74, 6) is -0.397. The molecule has 2 aromatic rings. The number of benzene rings is 1. The Bertz CT molecular complexity index is 491. The molecule has 82 valence electrons. The second-order valence-corrected chi connectivity index (χ2v) is 3.74. The molecule has 1 aromatic carbocycles. The third-order valence-corrected chi connectivity index (χ3v) is 2.12. The molecule has 1 heterocycles. The van der Waals surface area contributed by atoms with Gasteiger partial charge in [-0.15, -0.1) is 0 Å². The quantitative estimate of drug-likeness (QED) is 0.613. The van der Waals surface area contributed by atoms with Crippen molar-refractivity contribution in [2.45, 2.75) is 0 Å². The summed E-state index contributed by atoms with van der Waals surface area (Å²) in [6, 6.07) is 5.88. The third-order valence-electron chi connectivity index (χ3n) is 1.69. The summed E-state index contributed by atoms with van der Waals surface area (Å²) in [5, 5.41) is 4.16. The van der Waals surface area contributed by atoms with E-state index in [-0.39, 0.29) is 11.5 Å². The summed E-state index contributed by atoms with van der Waals surface area (Å²) in [7, 11) is 0. The fraction of sp³-hybridized carbons (Fsp3) is 0. The predicted molar refractivity (Wildman–Crippen MR) is 57.9 cm³/mol. The highest BCUT2D eigenvalue weighted by atomic mass is 35.5. The van der Waals surface area contributed by atoms with Crippen LogP contribution in [0.1, 0.15) is 10.6 Å². The molecule has 0 aliphatic carbocycles. The molecule has 0 unspecified atom stereocenters. The molecule has 0 spiro atoms. The van der Waals surface area contributed by atoms with Crippen LogP contribution >= 0.6 is 23.2 Å². The first-order valence-electron chi connectivity index (χ1n) is 4.24. The maximum absolute atomic E-state index is 11.5. The van der Waals surface area contributed by atoms with E-state index in [1.54, 1.807) is 0 Å². The standard InChI is InChI=1S/C10H5Cl2NO3/c11-6-3-7(12)5-8(4-6)15-10(14)9-1-2-13-16-9/h1-5H. The minimum atomic E-state index is -0.657. The lowest BCUT2D eigenvalue weighted by molar-refractivity contribution is 0.0691. The first-order chi connectivity index (χ1) is 7.65. The Morgan fingerprint density at radius 1 is 1.25 bits per heavy atom. The number of ether oxygens (including phenoxy) is 1. The number of carbonyl (C=O) groups is 1. The van der Waals surface area contributed by atoms with Crippen LogP contribution < -0.4 is 4.74 Å². The van der Waals surface area contributed by atoms with Gasteiger partial charge in [-0.1, -0.05) is 28.4 Å². The van der Waals surface area contributed by atoms with Gasteiger partial charge in [0.05, 0.1) is 6.20 Å². The molecule has 0 N–H and O–H groups in total. The molecule has 0 fully saturated rings. The van der Waals surface area contributed by atoms with Crippen LogP contribution in [0, 0.1) is 0 Å². The van der Waals surface area contributed by atoms with Crippen molar-refractivity contribution in [3.8, 4) is 5.75 Å². The van der Waals surface area contributed by atoms with E-state index in [1.165, 1.54) is 30.5 Å². The number of rotatable bonds is 2. The molecule has 4 nitrogen and oxygen atoms in total. The maximum Gasteiger partial charge on any atom is 0.382 e. The van der Waals surface area contributed by atoms with E-state index in [9.17, 15) is 4.79 Å². The van der Waals surface area contributed by atoms with Crippen LogP contribution in [0.25, 0.3) is 0 Å². The molecule has 1 aromatic heterocycles. The van der Waals surface area contributed by atoms with Crippen molar-refractivity contribution in [1.29, 1.82) is 0 Å². The predicted octanol–water partition coefficient (Wildman–Crippen LogP) is 3.20. The molecule has 0 atom stereocenters. The summed E-state index contributed by atoms with van der Waals surface area (Å²) in [6.45, 7) is 0. The number of halogens is 2. The average Bonchev–Trinajstić information content (AvgIpc) is 2.68. The van der Waals surface area contributed by atoms with Gasteiger partial charge >= 0.3 is 5.97 Å². The van der Waals surface area contributed by atoms with E-state index >= 15 is 0 Å². The molecule has 0 aliphatic rings. The monoisotopic (exact) mass is 257 g/mol. The highest BCUT2D eigenvalue weighted by Crippen LogP contribution is 2.24. The van der Waals surface area contributed by atoms with Gasteiger partial charge in [0.15, 0.2) is 0 Å². The lowest BCUT2D eigenvalue weighted by atomic mass is 10.3. The van der Waals surface area contributed by atoms with Gasteiger partial charge in [0.25, 0.3) is 0 Å². The van der Waals surface area contributed by atoms with Crippen molar-refractivity contribution in [1.82, 2.24) is 5.16 Å². The van der Waals surface area contributed by atoms with Crippen LogP contribution in [0.5, 0.6) is 5.75 Å². The Balaban J connectivity index is 2.18. The molecule has 2 rings (SSSR count). The number of carbonyl (C=O) groups excluding carboxylic acids is 1. The molecule has 0 saturated carbocycles. The van der Waals surface area contributed by atoms with Crippen LogP contribution in [0.4, 0.5) is 0 Å². The average molecular weight is 258 g/mol. The lowest BCUT2D eigenvalue weighted by Gasteiger charge is -2.02. The van der Waals surface area contributed by atoms with Gasteiger partial charge in [0, 0.05) is 16.1 Å². The molecule has 0 amide bonds. The van der Waals surface area contributed by atoms with Crippen LogP contribution in [-0.4, -0.2) is 11.1 Å². The smallest absolute Gasteiger partial charge is 0.382 e. The number of hydrogen-bond donors (Lipinski definition) is 0. The van der Waals surface area contributed by atoms with Gasteiger partial charge in [-0.25, -0.2) is 4.79 Å². The fourth-order valence-corrected chi connectivity index (χ4v) is 1.57. The zero-order valence-electron chi connectivity index (χ0n) is 7.81. The van der Waals surface area contributed by atoms with Crippen LogP contribution in [0.15, 0.2) is 35.0 Å². The Labute approximate surface area is 101 Å². The van der Waals surface area contributed by atoms with Crippen molar-refractivity contribution >= 4 is 29.2 Å². The van der Waals surface area contributed by atoms with Gasteiger partial charge in [-0.2, -0.15) is 0 Å². The topological polar surface area (TPSA) is 52.3 Å². The highest BCUT2D eigenvalue weighted by molar-refractivity contribution is 6.34. The fourth-order valence-electron chi connectivity index (χ4n) is 1.07. The normalized spacial score (nSPS) is 10.1.